The Kier molecular flexibility index (Phi) is 4.77. The number of methoxy groups -OCH3 is 1. The Balaban J connectivity index is 3.21. The molecular weight excluding hydrogens is 228 g/mol. The Morgan fingerprint density at radius 1 is 1.44 bits per heavy atom. The van der Waals surface area contributed by atoms with Gasteiger partial charge in [0.1, 0.15) is 5.75 Å². The standard InChI is InChI=1S/C12H15ClO3/c1-8(2)16-12-9(6-14)4-11(13)5-10(12)7-15-3/h4-6,8H,7H2,1-3H3. The molecule has 0 saturated carbocycles. The fourth-order valence-corrected chi connectivity index (χ4v) is 1.65. The maximum Gasteiger partial charge on any atom is 0.153 e. The molecule has 1 aromatic rings. The van der Waals surface area contributed by atoms with E-state index in [2.05, 4.69) is 0 Å². The Morgan fingerprint density at radius 2 is 2.12 bits per heavy atom. The Labute approximate surface area is 100 Å². The Hall–Kier alpha value is -1.06. The minimum absolute atomic E-state index is 0.00418. The zero-order valence-corrected chi connectivity index (χ0v) is 10.4. The summed E-state index contributed by atoms with van der Waals surface area (Å²) in [5.74, 6) is 0.552. The number of hydrogen-bond acceptors (Lipinski definition) is 3. The van der Waals surface area contributed by atoms with E-state index in [1.807, 2.05) is 13.8 Å². The zero-order valence-electron chi connectivity index (χ0n) is 9.62. The molecular formula is C12H15ClO3. The first kappa shape index (κ1) is 13.0. The summed E-state index contributed by atoms with van der Waals surface area (Å²) >= 11 is 5.90. The van der Waals surface area contributed by atoms with Crippen molar-refractivity contribution in [3.8, 4) is 5.75 Å². The van der Waals surface area contributed by atoms with E-state index < -0.39 is 0 Å². The second-order valence-corrected chi connectivity index (χ2v) is 4.14. The van der Waals surface area contributed by atoms with E-state index in [-0.39, 0.29) is 6.10 Å². The van der Waals surface area contributed by atoms with Gasteiger partial charge >= 0.3 is 0 Å². The molecule has 1 rings (SSSR count). The third-order valence-corrected chi connectivity index (χ3v) is 2.16. The number of rotatable bonds is 5. The number of benzene rings is 1. The molecule has 0 amide bonds. The van der Waals surface area contributed by atoms with Crippen molar-refractivity contribution in [3.05, 3.63) is 28.3 Å². The van der Waals surface area contributed by atoms with E-state index in [0.29, 0.717) is 22.9 Å². The van der Waals surface area contributed by atoms with Gasteiger partial charge in [0.05, 0.1) is 18.3 Å². The number of carbonyl (C=O) groups excluding carboxylic acids is 1. The van der Waals surface area contributed by atoms with E-state index in [0.717, 1.165) is 11.8 Å². The second-order valence-electron chi connectivity index (χ2n) is 3.70. The second kappa shape index (κ2) is 5.87. The van der Waals surface area contributed by atoms with Crippen molar-refractivity contribution in [3.63, 3.8) is 0 Å². The molecule has 0 bridgehead atoms. The van der Waals surface area contributed by atoms with Crippen LogP contribution in [0, 0.1) is 0 Å². The molecule has 1 aromatic carbocycles. The van der Waals surface area contributed by atoms with Crippen LogP contribution in [0.4, 0.5) is 0 Å². The smallest absolute Gasteiger partial charge is 0.153 e. The van der Waals surface area contributed by atoms with E-state index in [1.165, 1.54) is 0 Å². The summed E-state index contributed by atoms with van der Waals surface area (Å²) < 4.78 is 10.7. The summed E-state index contributed by atoms with van der Waals surface area (Å²) in [6.07, 6.45) is 0.735. The van der Waals surface area contributed by atoms with Gasteiger partial charge in [0.15, 0.2) is 6.29 Å². The van der Waals surface area contributed by atoms with Gasteiger partial charge in [-0.2, -0.15) is 0 Å². The number of aldehydes is 1. The summed E-state index contributed by atoms with van der Waals surface area (Å²) in [5.41, 5.74) is 1.24. The van der Waals surface area contributed by atoms with Crippen LogP contribution in [-0.2, 0) is 11.3 Å². The number of hydrogen-bond donors (Lipinski definition) is 0. The molecule has 3 nitrogen and oxygen atoms in total. The van der Waals surface area contributed by atoms with Gasteiger partial charge in [-0.05, 0) is 26.0 Å². The first-order valence-electron chi connectivity index (χ1n) is 5.01. The lowest BCUT2D eigenvalue weighted by Gasteiger charge is -2.16. The summed E-state index contributed by atoms with van der Waals surface area (Å²) in [6.45, 7) is 4.17. The molecule has 0 heterocycles. The summed E-state index contributed by atoms with van der Waals surface area (Å²) in [5, 5.41) is 0.505. The Bertz CT molecular complexity index is 375. The average Bonchev–Trinajstić information content (AvgIpc) is 2.21. The van der Waals surface area contributed by atoms with Crippen LogP contribution in [-0.4, -0.2) is 19.5 Å². The van der Waals surface area contributed by atoms with Crippen LogP contribution in [0.5, 0.6) is 5.75 Å². The number of carbonyl (C=O) groups is 1. The van der Waals surface area contributed by atoms with Crippen molar-refractivity contribution in [2.75, 3.05) is 7.11 Å². The fourth-order valence-electron chi connectivity index (χ4n) is 1.40. The Morgan fingerprint density at radius 3 is 2.62 bits per heavy atom. The van der Waals surface area contributed by atoms with Crippen LogP contribution in [0.2, 0.25) is 5.02 Å². The van der Waals surface area contributed by atoms with E-state index in [9.17, 15) is 4.79 Å². The minimum atomic E-state index is -0.00418. The lowest BCUT2D eigenvalue weighted by molar-refractivity contribution is 0.111. The summed E-state index contributed by atoms with van der Waals surface area (Å²) in [6, 6.07) is 3.33. The highest BCUT2D eigenvalue weighted by atomic mass is 35.5. The number of halogens is 1. The van der Waals surface area contributed by atoms with Crippen molar-refractivity contribution in [1.29, 1.82) is 0 Å². The molecule has 16 heavy (non-hydrogen) atoms. The van der Waals surface area contributed by atoms with Gasteiger partial charge in [-0.15, -0.1) is 0 Å². The molecule has 0 N–H and O–H groups in total. The highest BCUT2D eigenvalue weighted by molar-refractivity contribution is 6.31. The van der Waals surface area contributed by atoms with Gasteiger partial charge in [-0.3, -0.25) is 4.79 Å². The average molecular weight is 243 g/mol. The molecule has 0 atom stereocenters. The molecule has 0 aliphatic rings. The highest BCUT2D eigenvalue weighted by Gasteiger charge is 2.12. The SMILES string of the molecule is COCc1cc(Cl)cc(C=O)c1OC(C)C. The van der Waals surface area contributed by atoms with Crippen molar-refractivity contribution in [1.82, 2.24) is 0 Å². The lowest BCUT2D eigenvalue weighted by Crippen LogP contribution is -2.10. The normalized spacial score (nSPS) is 10.6. The van der Waals surface area contributed by atoms with Gasteiger partial charge in [0, 0.05) is 17.7 Å². The van der Waals surface area contributed by atoms with Gasteiger partial charge in [0.2, 0.25) is 0 Å². The lowest BCUT2D eigenvalue weighted by atomic mass is 10.1. The van der Waals surface area contributed by atoms with Crippen LogP contribution < -0.4 is 4.74 Å². The largest absolute Gasteiger partial charge is 0.490 e. The van der Waals surface area contributed by atoms with E-state index in [1.54, 1.807) is 19.2 Å². The predicted molar refractivity (Wildman–Crippen MR) is 63.3 cm³/mol. The van der Waals surface area contributed by atoms with E-state index >= 15 is 0 Å². The van der Waals surface area contributed by atoms with Crippen LogP contribution in [0.15, 0.2) is 12.1 Å². The van der Waals surface area contributed by atoms with Crippen LogP contribution in [0.3, 0.4) is 0 Å². The van der Waals surface area contributed by atoms with Crippen LogP contribution >= 0.6 is 11.6 Å². The highest BCUT2D eigenvalue weighted by Crippen LogP contribution is 2.28. The molecule has 0 aromatic heterocycles. The maximum atomic E-state index is 10.9. The van der Waals surface area contributed by atoms with Crippen molar-refractivity contribution >= 4 is 17.9 Å². The predicted octanol–water partition coefficient (Wildman–Crippen LogP) is 3.09. The molecule has 0 saturated heterocycles. The first-order valence-corrected chi connectivity index (χ1v) is 5.39. The van der Waals surface area contributed by atoms with Crippen LogP contribution in [0.25, 0.3) is 0 Å². The quantitative estimate of drug-likeness (QED) is 0.745. The zero-order chi connectivity index (χ0) is 12.1. The fraction of sp³-hybridized carbons (Fsp3) is 0.417. The van der Waals surface area contributed by atoms with Gasteiger partial charge in [0.25, 0.3) is 0 Å². The molecule has 0 fully saturated rings. The monoisotopic (exact) mass is 242 g/mol. The number of ether oxygens (including phenoxy) is 2. The molecule has 0 radical (unpaired) electrons. The summed E-state index contributed by atoms with van der Waals surface area (Å²) in [4.78, 5) is 10.9. The molecule has 0 unspecified atom stereocenters. The molecule has 88 valence electrons. The van der Waals surface area contributed by atoms with Crippen molar-refractivity contribution in [2.45, 2.75) is 26.6 Å². The first-order chi connectivity index (χ1) is 7.58. The van der Waals surface area contributed by atoms with Crippen molar-refractivity contribution < 1.29 is 14.3 Å². The van der Waals surface area contributed by atoms with Gasteiger partial charge < -0.3 is 9.47 Å². The molecule has 0 aliphatic carbocycles. The molecule has 0 spiro atoms. The van der Waals surface area contributed by atoms with E-state index in [4.69, 9.17) is 21.1 Å². The van der Waals surface area contributed by atoms with Crippen molar-refractivity contribution in [2.24, 2.45) is 0 Å². The topological polar surface area (TPSA) is 35.5 Å². The molecule has 4 heteroatoms. The maximum absolute atomic E-state index is 10.9. The van der Waals surface area contributed by atoms with Gasteiger partial charge in [-0.25, -0.2) is 0 Å². The van der Waals surface area contributed by atoms with Gasteiger partial charge in [-0.1, -0.05) is 11.6 Å². The third-order valence-electron chi connectivity index (χ3n) is 1.94. The minimum Gasteiger partial charge on any atom is -0.490 e. The third kappa shape index (κ3) is 3.22. The van der Waals surface area contributed by atoms with Crippen LogP contribution in [0.1, 0.15) is 29.8 Å². The summed E-state index contributed by atoms with van der Waals surface area (Å²) in [7, 11) is 1.58. The molecule has 0 aliphatic heterocycles.